The fourth-order valence-corrected chi connectivity index (χ4v) is 2.85. The highest BCUT2D eigenvalue weighted by molar-refractivity contribution is 5.69. The van der Waals surface area contributed by atoms with Crippen LogP contribution in [0.15, 0.2) is 51.7 Å². The molecule has 154 valence electrons. The maximum atomic E-state index is 11.8. The smallest absolute Gasteiger partial charge is 0.336 e. The van der Waals surface area contributed by atoms with Crippen molar-refractivity contribution in [1.82, 2.24) is 0 Å². The Labute approximate surface area is 173 Å². The Morgan fingerprint density at radius 1 is 0.800 bits per heavy atom. The summed E-state index contributed by atoms with van der Waals surface area (Å²) in [6, 6.07) is 11.0. The number of methoxy groups -OCH3 is 4. The molecule has 2 aromatic carbocycles. The fourth-order valence-electron chi connectivity index (χ4n) is 2.85. The van der Waals surface area contributed by atoms with Gasteiger partial charge >= 0.3 is 5.63 Å². The maximum Gasteiger partial charge on any atom is 0.336 e. The van der Waals surface area contributed by atoms with Gasteiger partial charge in [0.2, 0.25) is 5.75 Å². The molecule has 1 N–H and O–H groups in total. The van der Waals surface area contributed by atoms with Gasteiger partial charge in [0.15, 0.2) is 28.8 Å². The van der Waals surface area contributed by atoms with Crippen LogP contribution >= 0.6 is 0 Å². The summed E-state index contributed by atoms with van der Waals surface area (Å²) in [5.74, 6) is 7.88. The van der Waals surface area contributed by atoms with Gasteiger partial charge in [0, 0.05) is 17.2 Å². The van der Waals surface area contributed by atoms with Gasteiger partial charge in [-0.15, -0.1) is 0 Å². The van der Waals surface area contributed by atoms with E-state index >= 15 is 0 Å². The molecule has 1 aromatic heterocycles. The number of phenols is 1. The van der Waals surface area contributed by atoms with Crippen LogP contribution < -0.4 is 24.6 Å². The molecule has 1 heterocycles. The predicted octanol–water partition coefficient (Wildman–Crippen LogP) is 3.45. The lowest BCUT2D eigenvalue weighted by Crippen LogP contribution is -1.99. The highest BCUT2D eigenvalue weighted by atomic mass is 16.5. The summed E-state index contributed by atoms with van der Waals surface area (Å²) < 4.78 is 26.4. The summed E-state index contributed by atoms with van der Waals surface area (Å²) in [7, 11) is 6.02. The highest BCUT2D eigenvalue weighted by Gasteiger charge is 2.13. The van der Waals surface area contributed by atoms with Crippen molar-refractivity contribution in [2.75, 3.05) is 28.4 Å². The summed E-state index contributed by atoms with van der Waals surface area (Å²) in [4.78, 5) is 11.8. The third-order valence-electron chi connectivity index (χ3n) is 4.28. The van der Waals surface area contributed by atoms with Gasteiger partial charge < -0.3 is 28.5 Å². The van der Waals surface area contributed by atoms with Crippen molar-refractivity contribution < 1.29 is 28.5 Å². The molecule has 0 amide bonds. The summed E-state index contributed by atoms with van der Waals surface area (Å²) in [5.41, 5.74) is 1.03. The highest BCUT2D eigenvalue weighted by Crippen LogP contribution is 2.38. The number of hydrogen-bond donors (Lipinski definition) is 1. The zero-order valence-corrected chi connectivity index (χ0v) is 16.9. The van der Waals surface area contributed by atoms with Crippen LogP contribution in [0.25, 0.3) is 11.3 Å². The molecule has 30 heavy (non-hydrogen) atoms. The number of benzene rings is 2. The Bertz CT molecular complexity index is 1160. The number of hydrogen-bond acceptors (Lipinski definition) is 7. The van der Waals surface area contributed by atoms with E-state index in [0.717, 1.165) is 0 Å². The molecule has 0 aliphatic heterocycles. The van der Waals surface area contributed by atoms with Crippen molar-refractivity contribution in [1.29, 1.82) is 0 Å². The van der Waals surface area contributed by atoms with Crippen molar-refractivity contribution in [3.05, 3.63) is 64.0 Å². The van der Waals surface area contributed by atoms with E-state index in [-0.39, 0.29) is 11.5 Å². The normalized spacial score (nSPS) is 10.0. The van der Waals surface area contributed by atoms with Crippen molar-refractivity contribution >= 4 is 0 Å². The van der Waals surface area contributed by atoms with Crippen molar-refractivity contribution in [3.8, 4) is 51.9 Å². The molecular weight excluding hydrogens is 388 g/mol. The van der Waals surface area contributed by atoms with E-state index in [1.165, 1.54) is 40.6 Å². The van der Waals surface area contributed by atoms with Crippen molar-refractivity contribution in [2.45, 2.75) is 0 Å². The van der Waals surface area contributed by atoms with Gasteiger partial charge in [-0.05, 0) is 36.4 Å². The Kier molecular flexibility index (Phi) is 6.18. The second-order valence-corrected chi connectivity index (χ2v) is 6.05. The first kappa shape index (κ1) is 20.7. The molecule has 0 atom stereocenters. The van der Waals surface area contributed by atoms with Crippen LogP contribution in [0.5, 0.6) is 28.7 Å². The number of ether oxygens (including phenoxy) is 4. The second-order valence-electron chi connectivity index (χ2n) is 6.05. The molecule has 0 fully saturated rings. The second kappa shape index (κ2) is 8.97. The lowest BCUT2D eigenvalue weighted by molar-refractivity contribution is 0.324. The third kappa shape index (κ3) is 4.18. The number of rotatable bonds is 5. The molecule has 0 unspecified atom stereocenters. The van der Waals surface area contributed by atoms with Crippen LogP contribution in [-0.4, -0.2) is 33.5 Å². The minimum atomic E-state index is -0.529. The monoisotopic (exact) mass is 408 g/mol. The third-order valence-corrected chi connectivity index (χ3v) is 4.28. The van der Waals surface area contributed by atoms with Crippen LogP contribution in [0.3, 0.4) is 0 Å². The molecular formula is C23H20O7. The maximum absolute atomic E-state index is 11.8. The van der Waals surface area contributed by atoms with Crippen LogP contribution in [0.2, 0.25) is 0 Å². The summed E-state index contributed by atoms with van der Waals surface area (Å²) >= 11 is 0. The first-order valence-corrected chi connectivity index (χ1v) is 8.84. The molecule has 0 bridgehead atoms. The van der Waals surface area contributed by atoms with Gasteiger partial charge in [-0.3, -0.25) is 0 Å². The molecule has 7 heteroatoms. The summed E-state index contributed by atoms with van der Waals surface area (Å²) in [5, 5.41) is 10.1. The van der Waals surface area contributed by atoms with Crippen LogP contribution in [-0.2, 0) is 0 Å². The standard InChI is InChI=1S/C23H20O7/c1-26-18-9-7-16(13-17(18)24)22-15(8-10-21(25)30-22)6-5-14-11-19(27-2)23(29-4)20(12-14)28-3/h7-13,24H,1-4H3. The Morgan fingerprint density at radius 3 is 2.03 bits per heavy atom. The molecule has 0 saturated heterocycles. The Balaban J connectivity index is 2.09. The molecule has 0 radical (unpaired) electrons. The fraction of sp³-hybridized carbons (Fsp3) is 0.174. The van der Waals surface area contributed by atoms with E-state index in [9.17, 15) is 9.90 Å². The average Bonchev–Trinajstić information content (AvgIpc) is 2.77. The van der Waals surface area contributed by atoms with E-state index in [1.807, 2.05) is 0 Å². The molecule has 3 rings (SSSR count). The molecule has 0 spiro atoms. The lowest BCUT2D eigenvalue weighted by atomic mass is 10.1. The largest absolute Gasteiger partial charge is 0.504 e. The lowest BCUT2D eigenvalue weighted by Gasteiger charge is -2.12. The van der Waals surface area contributed by atoms with Gasteiger partial charge in [0.05, 0.1) is 34.0 Å². The molecule has 0 aliphatic carbocycles. The summed E-state index contributed by atoms with van der Waals surface area (Å²) in [6.45, 7) is 0. The molecule has 0 aliphatic rings. The molecule has 3 aromatic rings. The van der Waals surface area contributed by atoms with E-state index in [0.29, 0.717) is 39.7 Å². The Hall–Kier alpha value is -4.05. The van der Waals surface area contributed by atoms with E-state index in [1.54, 1.807) is 30.3 Å². The van der Waals surface area contributed by atoms with Gasteiger partial charge in [-0.25, -0.2) is 4.79 Å². The van der Waals surface area contributed by atoms with Gasteiger partial charge in [0.1, 0.15) is 0 Å². The minimum absolute atomic E-state index is 0.0787. The zero-order valence-electron chi connectivity index (χ0n) is 16.9. The number of aromatic hydroxyl groups is 1. The SMILES string of the molecule is COc1ccc(-c2oc(=O)ccc2C#Cc2cc(OC)c(OC)c(OC)c2)cc1O. The van der Waals surface area contributed by atoms with Crippen LogP contribution in [0, 0.1) is 11.8 Å². The molecule has 7 nitrogen and oxygen atoms in total. The van der Waals surface area contributed by atoms with E-state index in [4.69, 9.17) is 23.4 Å². The van der Waals surface area contributed by atoms with Crippen molar-refractivity contribution in [2.24, 2.45) is 0 Å². The first-order valence-electron chi connectivity index (χ1n) is 8.84. The van der Waals surface area contributed by atoms with Gasteiger partial charge in [-0.1, -0.05) is 11.8 Å². The van der Waals surface area contributed by atoms with E-state index in [2.05, 4.69) is 11.8 Å². The summed E-state index contributed by atoms with van der Waals surface area (Å²) in [6.07, 6.45) is 0. The quantitative estimate of drug-likeness (QED) is 0.647. The van der Waals surface area contributed by atoms with Gasteiger partial charge in [-0.2, -0.15) is 0 Å². The first-order chi connectivity index (χ1) is 14.5. The molecule has 0 saturated carbocycles. The van der Waals surface area contributed by atoms with Crippen molar-refractivity contribution in [3.63, 3.8) is 0 Å². The van der Waals surface area contributed by atoms with Crippen LogP contribution in [0.4, 0.5) is 0 Å². The van der Waals surface area contributed by atoms with Gasteiger partial charge in [0.25, 0.3) is 0 Å². The number of phenolic OH excluding ortho intramolecular Hbond substituents is 1. The zero-order chi connectivity index (χ0) is 21.7. The van der Waals surface area contributed by atoms with E-state index < -0.39 is 5.63 Å². The average molecular weight is 408 g/mol. The van der Waals surface area contributed by atoms with Crippen LogP contribution in [0.1, 0.15) is 11.1 Å². The minimum Gasteiger partial charge on any atom is -0.504 e. The Morgan fingerprint density at radius 2 is 1.47 bits per heavy atom. The predicted molar refractivity (Wildman–Crippen MR) is 111 cm³/mol. The topological polar surface area (TPSA) is 87.4 Å².